The van der Waals surface area contributed by atoms with Gasteiger partial charge in [-0.1, -0.05) is 285 Å². The lowest BCUT2D eigenvalue weighted by Gasteiger charge is -2.17. The van der Waals surface area contributed by atoms with E-state index in [1.165, 1.54) is 359 Å². The molecule has 0 saturated carbocycles. The van der Waals surface area contributed by atoms with Crippen LogP contribution in [0.2, 0.25) is 0 Å². The second-order valence-corrected chi connectivity index (χ2v) is 39.3. The van der Waals surface area contributed by atoms with Crippen molar-refractivity contribution >= 4 is 142 Å². The minimum absolute atomic E-state index is 0.295. The lowest BCUT2D eigenvalue weighted by molar-refractivity contribution is 0.0602. The Morgan fingerprint density at radius 2 is 0.667 bits per heavy atom. The Morgan fingerprint density at radius 1 is 0.333 bits per heavy atom. The first kappa shape index (κ1) is 81.7. The number of thiophene rings is 7. The van der Waals surface area contributed by atoms with E-state index in [1.807, 2.05) is 56.7 Å². The molecule has 566 valence electrons. The summed E-state index contributed by atoms with van der Waals surface area (Å²) in [5.74, 6) is 1.05. The summed E-state index contributed by atoms with van der Waals surface area (Å²) in [5.41, 5.74) is 9.91. The number of carbonyl (C=O) groups is 1. The predicted molar refractivity (Wildman–Crippen MR) is 472 cm³/mol. The number of hydrogen-bond acceptors (Lipinski definition) is 15. The molecule has 9 heterocycles. The Hall–Kier alpha value is -4.29. The molecular formula is C90H120N4O2S9. The number of hydrogen-bond donors (Lipinski definition) is 0. The second kappa shape index (κ2) is 43.9. The van der Waals surface area contributed by atoms with Crippen molar-refractivity contribution in [3.8, 4) is 69.7 Å². The molecule has 2 aromatic carbocycles. The Balaban J connectivity index is 0.884. The van der Waals surface area contributed by atoms with Gasteiger partial charge < -0.3 is 4.74 Å². The summed E-state index contributed by atoms with van der Waals surface area (Å²) in [7, 11) is 1.49. The quantitative estimate of drug-likeness (QED) is 0.0279. The highest BCUT2D eigenvalue weighted by Gasteiger charge is 2.27. The Labute approximate surface area is 667 Å². The summed E-state index contributed by atoms with van der Waals surface area (Å²) >= 11 is 15.6. The third-order valence-corrected chi connectivity index (χ3v) is 31.7. The SMILES string of the molecule is CCCCCCCCCCCCC(CCCCCCCCCC)Cc1cc(-c2cc3c(cc(-c4cc(CC(CCCCCCCCCC)CCCCCCCCCCCC)c(-c5ccc(-c6ccc(-c7cc(C(=O)OC)c(-c8ccc(-c9ccc(C)s9)s8)s7)s6)s5)s4)c4nsnc43)c3nsnc23)sc1C. The van der Waals surface area contributed by atoms with Crippen molar-refractivity contribution in [1.29, 1.82) is 0 Å². The number of benzene rings is 2. The molecule has 105 heavy (non-hydrogen) atoms. The number of aromatic nitrogens is 4. The highest BCUT2D eigenvalue weighted by molar-refractivity contribution is 7.31. The standard InChI is InChI=1S/C90H120N4O2S9/c1-8-12-16-20-24-28-30-34-38-41-45-65(44-40-36-32-26-22-18-14-10-3)56-67-58-81(98-64(67)6)71-60-69-70(84-86(71)93-104-91-84)61-72(87-85(69)92-105-94-87)82-59-68(57-66(46-42-37-33-27-23-19-15-11-4)47-43-39-35-31-29-25-21-17-13-9-2)88(102-82)79-54-52-77(100-79)76-50-51-78(99-76)83-62-73(90(95)96-7)89(103-83)80-55-53-75(101-80)74-49-48-63(5)97-74/h48-55,58-62,65-66H,8-47,56-57H2,1-7H3. The van der Waals surface area contributed by atoms with E-state index in [4.69, 9.17) is 22.2 Å². The minimum atomic E-state index is -0.295. The highest BCUT2D eigenvalue weighted by atomic mass is 32.1. The monoisotopic (exact) mass is 1580 g/mol. The first-order valence-electron chi connectivity index (χ1n) is 41.3. The first-order chi connectivity index (χ1) is 51.6. The second-order valence-electron chi connectivity index (χ2n) is 30.4. The molecule has 0 N–H and O–H groups in total. The zero-order chi connectivity index (χ0) is 73.0. The molecule has 0 saturated heterocycles. The summed E-state index contributed by atoms with van der Waals surface area (Å²) in [6, 6.07) is 30.0. The van der Waals surface area contributed by atoms with Gasteiger partial charge in [0.15, 0.2) is 0 Å². The lowest BCUT2D eigenvalue weighted by Crippen LogP contribution is -2.05. The van der Waals surface area contributed by atoms with Crippen LogP contribution >= 0.6 is 103 Å². The van der Waals surface area contributed by atoms with Gasteiger partial charge in [-0.25, -0.2) is 4.79 Å². The smallest absolute Gasteiger partial charge is 0.339 e. The van der Waals surface area contributed by atoms with E-state index in [2.05, 4.69) is 120 Å². The molecule has 0 bridgehead atoms. The Bertz CT molecular complexity index is 4350. The first-order valence-corrected chi connectivity index (χ1v) is 48.5. The zero-order valence-electron chi connectivity index (χ0n) is 64.6. The summed E-state index contributed by atoms with van der Waals surface area (Å²) in [6.45, 7) is 13.8. The largest absolute Gasteiger partial charge is 0.465 e. The Morgan fingerprint density at radius 3 is 1.09 bits per heavy atom. The van der Waals surface area contributed by atoms with Crippen LogP contribution in [0.5, 0.6) is 0 Å². The van der Waals surface area contributed by atoms with Gasteiger partial charge in [-0.05, 0) is 129 Å². The number of fused-ring (bicyclic) bond motifs is 5. The molecule has 0 amide bonds. The van der Waals surface area contributed by atoms with Gasteiger partial charge in [-0.3, -0.25) is 0 Å². The summed E-state index contributed by atoms with van der Waals surface area (Å²) in [6.07, 6.45) is 56.9. The van der Waals surface area contributed by atoms with Gasteiger partial charge >= 0.3 is 5.97 Å². The van der Waals surface area contributed by atoms with Crippen LogP contribution in [-0.4, -0.2) is 30.6 Å². The number of unbranched alkanes of at least 4 members (excludes halogenated alkanes) is 32. The number of aryl methyl sites for hydroxylation is 2. The molecule has 2 unspecified atom stereocenters. The normalized spacial score (nSPS) is 12.6. The van der Waals surface area contributed by atoms with Crippen LogP contribution in [-0.2, 0) is 17.6 Å². The number of esters is 1. The summed E-state index contributed by atoms with van der Waals surface area (Å²) in [5, 5.41) is 2.25. The molecule has 0 fully saturated rings. The maximum Gasteiger partial charge on any atom is 0.339 e. The van der Waals surface area contributed by atoms with Crippen LogP contribution in [0.25, 0.3) is 102 Å². The third-order valence-electron chi connectivity index (χ3n) is 22.0. The molecule has 15 heteroatoms. The van der Waals surface area contributed by atoms with Crippen molar-refractivity contribution in [1.82, 2.24) is 17.5 Å². The van der Waals surface area contributed by atoms with Crippen molar-refractivity contribution in [2.45, 2.75) is 311 Å². The summed E-state index contributed by atoms with van der Waals surface area (Å²) in [4.78, 5) is 30.8. The van der Waals surface area contributed by atoms with Crippen molar-refractivity contribution < 1.29 is 9.53 Å². The topological polar surface area (TPSA) is 77.9 Å². The number of methoxy groups -OCH3 is 1. The number of ether oxygens (including phenoxy) is 1. The zero-order valence-corrected chi connectivity index (χ0v) is 72.0. The molecule has 11 aromatic rings. The van der Waals surface area contributed by atoms with Crippen molar-refractivity contribution in [2.75, 3.05) is 7.11 Å². The molecule has 6 nitrogen and oxygen atoms in total. The van der Waals surface area contributed by atoms with Gasteiger partial charge in [0.05, 0.1) is 41.0 Å². The van der Waals surface area contributed by atoms with Crippen molar-refractivity contribution in [3.63, 3.8) is 0 Å². The Kier molecular flexibility index (Phi) is 34.2. The van der Waals surface area contributed by atoms with E-state index < -0.39 is 0 Å². The van der Waals surface area contributed by atoms with Crippen LogP contribution in [0.4, 0.5) is 0 Å². The molecule has 0 radical (unpaired) electrons. The van der Waals surface area contributed by atoms with Crippen LogP contribution < -0.4 is 0 Å². The maximum absolute atomic E-state index is 13.5. The molecule has 2 atom stereocenters. The van der Waals surface area contributed by atoms with Crippen molar-refractivity contribution in [3.05, 3.63) is 105 Å². The highest BCUT2D eigenvalue weighted by Crippen LogP contribution is 2.51. The van der Waals surface area contributed by atoms with Gasteiger partial charge in [-0.15, -0.1) is 79.4 Å². The predicted octanol–water partition coefficient (Wildman–Crippen LogP) is 33.4. The van der Waals surface area contributed by atoms with E-state index >= 15 is 0 Å². The van der Waals surface area contributed by atoms with Crippen LogP contribution in [0, 0.1) is 25.7 Å². The van der Waals surface area contributed by atoms with E-state index in [-0.39, 0.29) is 5.97 Å². The molecule has 0 aliphatic heterocycles. The molecule has 11 rings (SSSR count). The average Bonchev–Trinajstić information content (AvgIpc) is 1.65. The fraction of sp³-hybridized carbons (Fsp3) is 0.567. The fourth-order valence-corrected chi connectivity index (χ4v) is 24.8. The maximum atomic E-state index is 13.5. The number of nitrogens with zero attached hydrogens (tertiary/aromatic N) is 4. The van der Waals surface area contributed by atoms with Gasteiger partial charge in [0.2, 0.25) is 0 Å². The average molecular weight is 1580 g/mol. The number of carbonyl (C=O) groups excluding carboxylic acids is 1. The van der Waals surface area contributed by atoms with Gasteiger partial charge in [-0.2, -0.15) is 17.5 Å². The molecule has 0 spiro atoms. The van der Waals surface area contributed by atoms with Gasteiger partial charge in [0, 0.05) is 85.3 Å². The minimum Gasteiger partial charge on any atom is -0.465 e. The van der Waals surface area contributed by atoms with E-state index in [1.54, 1.807) is 22.7 Å². The van der Waals surface area contributed by atoms with E-state index in [0.29, 0.717) is 11.5 Å². The van der Waals surface area contributed by atoms with Gasteiger partial charge in [0.25, 0.3) is 0 Å². The van der Waals surface area contributed by atoms with Gasteiger partial charge in [0.1, 0.15) is 22.1 Å². The molecule has 9 aromatic heterocycles. The van der Waals surface area contributed by atoms with Crippen LogP contribution in [0.3, 0.4) is 0 Å². The van der Waals surface area contributed by atoms with Crippen molar-refractivity contribution in [2.24, 2.45) is 11.8 Å². The lowest BCUT2D eigenvalue weighted by atomic mass is 9.88. The molecular weight excluding hydrogens is 1460 g/mol. The molecule has 0 aliphatic carbocycles. The van der Waals surface area contributed by atoms with E-state index in [9.17, 15) is 4.79 Å². The molecule has 0 aliphatic rings. The fourth-order valence-electron chi connectivity index (χ4n) is 15.8. The van der Waals surface area contributed by atoms with Crippen LogP contribution in [0.15, 0.2) is 78.9 Å². The summed E-state index contributed by atoms with van der Waals surface area (Å²) < 4.78 is 26.2. The van der Waals surface area contributed by atoms with E-state index in [0.717, 1.165) is 70.3 Å². The van der Waals surface area contributed by atoms with Crippen LogP contribution in [0.1, 0.15) is 316 Å². The number of rotatable bonds is 52. The third kappa shape index (κ3) is 23.4.